The molecule has 7 nitrogen and oxygen atoms in total. The molecule has 2 aromatic carbocycles. The molecule has 0 N–H and O–H groups in total. The number of aliphatic imine (C=N–C) groups is 1. The van der Waals surface area contributed by atoms with Gasteiger partial charge in [-0.25, -0.2) is 14.2 Å². The first-order valence-corrected chi connectivity index (χ1v) is 8.78. The zero-order chi connectivity index (χ0) is 18.2. The molecule has 1 heterocycles. The summed E-state index contributed by atoms with van der Waals surface area (Å²) in [6, 6.07) is 17.2. The minimum absolute atomic E-state index is 0.241. The monoisotopic (exact) mass is 366 g/mol. The van der Waals surface area contributed by atoms with Crippen molar-refractivity contribution in [2.75, 3.05) is 0 Å². The molecule has 0 amide bonds. The van der Waals surface area contributed by atoms with Gasteiger partial charge in [0.1, 0.15) is 16.5 Å². The van der Waals surface area contributed by atoms with E-state index >= 15 is 0 Å². The number of aromatic nitrogens is 2. The Labute approximate surface area is 152 Å². The van der Waals surface area contributed by atoms with E-state index in [0.29, 0.717) is 16.3 Å². The number of hydrogen-bond donors (Lipinski definition) is 0. The molecule has 0 radical (unpaired) electrons. The summed E-state index contributed by atoms with van der Waals surface area (Å²) in [5, 5.41) is 3.14. The van der Waals surface area contributed by atoms with Crippen molar-refractivity contribution in [1.29, 1.82) is 0 Å². The molecule has 26 heavy (non-hydrogen) atoms. The highest BCUT2D eigenvalue weighted by atomic mass is 32.2. The molecule has 2 unspecified atom stereocenters. The van der Waals surface area contributed by atoms with Gasteiger partial charge in [0.2, 0.25) is 5.16 Å². The first-order chi connectivity index (χ1) is 12.8. The number of nitroso groups, excluding NO2 is 1. The van der Waals surface area contributed by atoms with E-state index in [1.54, 1.807) is 54.6 Å². The third-order valence-corrected chi connectivity index (χ3v) is 4.46. The van der Waals surface area contributed by atoms with E-state index in [4.69, 9.17) is 4.74 Å². The van der Waals surface area contributed by atoms with Crippen LogP contribution in [0, 0.1) is 4.91 Å². The van der Waals surface area contributed by atoms with Crippen molar-refractivity contribution in [1.82, 2.24) is 9.97 Å². The van der Waals surface area contributed by atoms with E-state index in [2.05, 4.69) is 20.1 Å². The lowest BCUT2D eigenvalue weighted by atomic mass is 10.3. The molecule has 8 heteroatoms. The maximum atomic E-state index is 12.3. The minimum Gasteiger partial charge on any atom is -0.460 e. The fourth-order valence-corrected chi connectivity index (χ4v) is 2.92. The van der Waals surface area contributed by atoms with Crippen LogP contribution in [0.15, 0.2) is 93.3 Å². The topological polar surface area (TPSA) is 93.9 Å². The molecule has 0 saturated carbocycles. The fraction of sp³-hybridized carbons (Fsp3) is 0.0556. The Bertz CT molecular complexity index is 903. The Hall–Kier alpha value is -3.26. The van der Waals surface area contributed by atoms with Crippen molar-refractivity contribution >= 4 is 22.7 Å². The number of hydrogen-bond acceptors (Lipinski definition) is 7. The second-order valence-corrected chi connectivity index (χ2v) is 6.37. The second-order valence-electron chi connectivity index (χ2n) is 5.00. The number of rotatable bonds is 7. The Morgan fingerprint density at radius 3 is 2.31 bits per heavy atom. The van der Waals surface area contributed by atoms with Crippen LogP contribution in [0.2, 0.25) is 0 Å². The molecule has 0 spiro atoms. The molecule has 1 aromatic heterocycles. The van der Waals surface area contributed by atoms with Crippen molar-refractivity contribution < 1.29 is 8.95 Å². The van der Waals surface area contributed by atoms with Gasteiger partial charge in [0, 0.05) is 17.3 Å². The molecular formula is C18H14N4O3S. The van der Waals surface area contributed by atoms with Gasteiger partial charge in [-0.05, 0) is 47.6 Å². The van der Waals surface area contributed by atoms with Gasteiger partial charge in [0.05, 0.1) is 11.9 Å². The van der Waals surface area contributed by atoms with Crippen LogP contribution in [-0.2, 0) is 10.8 Å². The van der Waals surface area contributed by atoms with Gasteiger partial charge in [-0.2, -0.15) is 0 Å². The number of para-hydroxylation sites is 1. The van der Waals surface area contributed by atoms with E-state index in [-0.39, 0.29) is 5.16 Å². The SMILES string of the molecule is O=NC(C=Nc1ccc(S(=O)c2ncccn2)cc1)Oc1ccccc1. The van der Waals surface area contributed by atoms with Gasteiger partial charge in [0.25, 0.3) is 6.23 Å². The molecule has 0 aliphatic rings. The van der Waals surface area contributed by atoms with Gasteiger partial charge < -0.3 is 4.74 Å². The van der Waals surface area contributed by atoms with Crippen LogP contribution in [0.5, 0.6) is 5.75 Å². The molecule has 0 aliphatic heterocycles. The molecule has 3 aromatic rings. The summed E-state index contributed by atoms with van der Waals surface area (Å²) in [4.78, 5) is 23.6. The van der Waals surface area contributed by atoms with E-state index < -0.39 is 17.0 Å². The Balaban J connectivity index is 1.67. The van der Waals surface area contributed by atoms with Crippen molar-refractivity contribution in [3.05, 3.63) is 78.0 Å². The van der Waals surface area contributed by atoms with Crippen LogP contribution in [0.1, 0.15) is 0 Å². The first kappa shape index (κ1) is 17.6. The Morgan fingerprint density at radius 2 is 1.65 bits per heavy atom. The fourth-order valence-electron chi connectivity index (χ4n) is 2.01. The number of ether oxygens (including phenoxy) is 1. The quantitative estimate of drug-likeness (QED) is 0.362. The predicted octanol–water partition coefficient (Wildman–Crippen LogP) is 3.52. The maximum absolute atomic E-state index is 12.3. The third-order valence-electron chi connectivity index (χ3n) is 3.21. The molecular weight excluding hydrogens is 352 g/mol. The van der Waals surface area contributed by atoms with E-state index in [1.807, 2.05) is 6.07 Å². The van der Waals surface area contributed by atoms with Crippen LogP contribution < -0.4 is 4.74 Å². The highest BCUT2D eigenvalue weighted by molar-refractivity contribution is 7.84. The number of benzene rings is 2. The van der Waals surface area contributed by atoms with Crippen LogP contribution in [0.3, 0.4) is 0 Å². The molecule has 0 fully saturated rings. The van der Waals surface area contributed by atoms with Crippen molar-refractivity contribution in [3.8, 4) is 5.75 Å². The average molecular weight is 366 g/mol. The molecule has 2 atom stereocenters. The summed E-state index contributed by atoms with van der Waals surface area (Å²) in [7, 11) is -1.46. The predicted molar refractivity (Wildman–Crippen MR) is 98.0 cm³/mol. The van der Waals surface area contributed by atoms with Gasteiger partial charge in [0.15, 0.2) is 0 Å². The maximum Gasteiger partial charge on any atom is 0.265 e. The van der Waals surface area contributed by atoms with Gasteiger partial charge in [-0.15, -0.1) is 4.91 Å². The Kier molecular flexibility index (Phi) is 5.89. The summed E-state index contributed by atoms with van der Waals surface area (Å²) in [6.45, 7) is 0. The van der Waals surface area contributed by atoms with Gasteiger partial charge >= 0.3 is 0 Å². The van der Waals surface area contributed by atoms with E-state index in [0.717, 1.165) is 0 Å². The average Bonchev–Trinajstić information content (AvgIpc) is 2.72. The smallest absolute Gasteiger partial charge is 0.265 e. The molecule has 3 rings (SSSR count). The lowest BCUT2D eigenvalue weighted by molar-refractivity contribution is 0.280. The normalized spacial score (nSPS) is 13.2. The lowest BCUT2D eigenvalue weighted by Crippen LogP contribution is -2.14. The van der Waals surface area contributed by atoms with Crippen molar-refractivity contribution in [3.63, 3.8) is 0 Å². The largest absolute Gasteiger partial charge is 0.460 e. The van der Waals surface area contributed by atoms with Crippen molar-refractivity contribution in [2.24, 2.45) is 10.2 Å². The summed E-state index contributed by atoms with van der Waals surface area (Å²) < 4.78 is 17.8. The lowest BCUT2D eigenvalue weighted by Gasteiger charge is -2.07. The van der Waals surface area contributed by atoms with Crippen molar-refractivity contribution in [2.45, 2.75) is 16.3 Å². The third kappa shape index (κ3) is 4.64. The van der Waals surface area contributed by atoms with E-state index in [9.17, 15) is 9.12 Å². The Morgan fingerprint density at radius 1 is 0.962 bits per heavy atom. The second kappa shape index (κ2) is 8.72. The minimum atomic E-state index is -1.46. The van der Waals surface area contributed by atoms with E-state index in [1.165, 1.54) is 18.6 Å². The van der Waals surface area contributed by atoms with Gasteiger partial charge in [-0.3, -0.25) is 4.99 Å². The molecule has 0 saturated heterocycles. The zero-order valence-corrected chi connectivity index (χ0v) is 14.3. The van der Waals surface area contributed by atoms with Crippen LogP contribution in [0.25, 0.3) is 0 Å². The standard InChI is InChI=1S/C18H14N4O3S/c23-22-17(25-15-5-2-1-3-6-15)13-21-14-7-9-16(10-8-14)26(24)18-19-11-4-12-20-18/h1-13,17H. The molecule has 0 bridgehead atoms. The highest BCUT2D eigenvalue weighted by Crippen LogP contribution is 2.18. The summed E-state index contributed by atoms with van der Waals surface area (Å²) in [6.07, 6.45) is 3.35. The van der Waals surface area contributed by atoms with Crippen LogP contribution in [0.4, 0.5) is 5.69 Å². The molecule has 0 aliphatic carbocycles. The summed E-state index contributed by atoms with van der Waals surface area (Å²) in [5.74, 6) is 0.525. The highest BCUT2D eigenvalue weighted by Gasteiger charge is 2.10. The van der Waals surface area contributed by atoms with Crippen LogP contribution in [-0.4, -0.2) is 26.6 Å². The van der Waals surface area contributed by atoms with Gasteiger partial charge in [-0.1, -0.05) is 18.2 Å². The summed E-state index contributed by atoms with van der Waals surface area (Å²) in [5.41, 5.74) is 0.574. The zero-order valence-electron chi connectivity index (χ0n) is 13.5. The van der Waals surface area contributed by atoms with Crippen LogP contribution >= 0.6 is 0 Å². The molecule has 130 valence electrons. The first-order valence-electron chi connectivity index (χ1n) is 7.63. The summed E-state index contributed by atoms with van der Waals surface area (Å²) >= 11 is 0. The number of nitrogens with zero attached hydrogens (tertiary/aromatic N) is 4.